The lowest BCUT2D eigenvalue weighted by Crippen LogP contribution is -2.23. The van der Waals surface area contributed by atoms with E-state index in [4.69, 9.17) is 9.47 Å². The molecule has 0 aliphatic carbocycles. The largest absolute Gasteiger partial charge is 0.478 e. The maximum absolute atomic E-state index is 6.29. The Kier molecular flexibility index (Phi) is 5.02. The lowest BCUT2D eigenvalue weighted by atomic mass is 10.1. The zero-order valence-electron chi connectivity index (χ0n) is 15.5. The molecule has 3 aromatic heterocycles. The average Bonchev–Trinajstić information content (AvgIpc) is 3.14. The van der Waals surface area contributed by atoms with Gasteiger partial charge >= 0.3 is 0 Å². The monoisotopic (exact) mass is 392 g/mol. The molecule has 0 amide bonds. The van der Waals surface area contributed by atoms with Gasteiger partial charge < -0.3 is 9.47 Å². The molecule has 0 saturated heterocycles. The van der Waals surface area contributed by atoms with Crippen LogP contribution in [0.25, 0.3) is 20.9 Å². The highest BCUT2D eigenvalue weighted by molar-refractivity contribution is 7.22. The van der Waals surface area contributed by atoms with E-state index < -0.39 is 0 Å². The highest BCUT2D eigenvalue weighted by Crippen LogP contribution is 2.49. The second kappa shape index (κ2) is 6.78. The minimum absolute atomic E-state index is 0.225. The predicted molar refractivity (Wildman–Crippen MR) is 112 cm³/mol. The summed E-state index contributed by atoms with van der Waals surface area (Å²) in [6.45, 7) is 12.5. The van der Waals surface area contributed by atoms with Gasteiger partial charge in [0, 0.05) is 20.9 Å². The Hall–Kier alpha value is -1.30. The van der Waals surface area contributed by atoms with Gasteiger partial charge in [0.05, 0.1) is 0 Å². The smallest absolute Gasteiger partial charge is 0.183 e. The van der Waals surface area contributed by atoms with Gasteiger partial charge in [-0.25, -0.2) is 0 Å². The molecule has 0 atom stereocenters. The molecule has 5 heteroatoms. The van der Waals surface area contributed by atoms with Crippen molar-refractivity contribution in [2.75, 3.05) is 0 Å². The summed E-state index contributed by atoms with van der Waals surface area (Å²) in [4.78, 5) is 2.50. The topological polar surface area (TPSA) is 18.5 Å². The fourth-order valence-corrected chi connectivity index (χ4v) is 5.26. The molecule has 0 N–H and O–H groups in total. The van der Waals surface area contributed by atoms with Gasteiger partial charge in [-0.15, -0.1) is 22.7 Å². The van der Waals surface area contributed by atoms with Crippen molar-refractivity contribution in [3.63, 3.8) is 0 Å². The maximum atomic E-state index is 6.29. The van der Waals surface area contributed by atoms with E-state index in [9.17, 15) is 0 Å². The summed E-state index contributed by atoms with van der Waals surface area (Å²) >= 11 is 5.09. The fraction of sp³-hybridized carbons (Fsp3) is 0.400. The van der Waals surface area contributed by atoms with Gasteiger partial charge in [-0.3, -0.25) is 0 Å². The first-order valence-corrected chi connectivity index (χ1v) is 10.8. The second-order valence-corrected chi connectivity index (χ2v) is 10.7. The zero-order chi connectivity index (χ0) is 18.2. The number of thiophene rings is 3. The summed E-state index contributed by atoms with van der Waals surface area (Å²) in [7, 11) is 0. The van der Waals surface area contributed by atoms with Crippen LogP contribution in [-0.2, 0) is 0 Å². The van der Waals surface area contributed by atoms with Crippen molar-refractivity contribution < 1.29 is 9.47 Å². The number of rotatable bonds is 4. The molecule has 3 heterocycles. The third kappa shape index (κ3) is 4.66. The Bertz CT molecular complexity index is 827. The van der Waals surface area contributed by atoms with E-state index in [1.807, 2.05) is 0 Å². The van der Waals surface area contributed by atoms with Crippen LogP contribution in [0.2, 0.25) is 0 Å². The van der Waals surface area contributed by atoms with Crippen molar-refractivity contribution in [1.29, 1.82) is 0 Å². The van der Waals surface area contributed by atoms with Crippen molar-refractivity contribution in [2.24, 2.45) is 0 Å². The van der Waals surface area contributed by atoms with Gasteiger partial charge in [0.2, 0.25) is 0 Å². The molecule has 0 spiro atoms. The number of hydrogen-bond donors (Lipinski definition) is 0. The first-order chi connectivity index (χ1) is 11.6. The molecule has 0 saturated carbocycles. The molecule has 3 rings (SSSR count). The van der Waals surface area contributed by atoms with Crippen LogP contribution in [0, 0.1) is 0 Å². The highest BCUT2D eigenvalue weighted by Gasteiger charge is 2.24. The van der Waals surface area contributed by atoms with E-state index in [2.05, 4.69) is 76.6 Å². The first kappa shape index (κ1) is 18.5. The van der Waals surface area contributed by atoms with Crippen molar-refractivity contribution >= 4 is 34.0 Å². The second-order valence-electron chi connectivity index (χ2n) is 7.84. The number of hydrogen-bond acceptors (Lipinski definition) is 5. The third-order valence-corrected chi connectivity index (χ3v) is 6.05. The molecule has 3 aromatic rings. The van der Waals surface area contributed by atoms with Crippen molar-refractivity contribution in [3.8, 4) is 31.0 Å². The van der Waals surface area contributed by atoms with E-state index in [1.165, 1.54) is 9.75 Å². The van der Waals surface area contributed by atoms with Crippen LogP contribution < -0.4 is 9.47 Å². The van der Waals surface area contributed by atoms with Gasteiger partial charge in [0.1, 0.15) is 11.2 Å². The van der Waals surface area contributed by atoms with Crippen LogP contribution >= 0.6 is 34.0 Å². The summed E-state index contributed by atoms with van der Waals surface area (Å²) < 4.78 is 12.5. The fourth-order valence-electron chi connectivity index (χ4n) is 2.31. The van der Waals surface area contributed by atoms with Gasteiger partial charge in [-0.1, -0.05) is 17.4 Å². The summed E-state index contributed by atoms with van der Waals surface area (Å²) in [5.74, 6) is 0. The minimum atomic E-state index is -0.243. The van der Waals surface area contributed by atoms with Gasteiger partial charge in [0.15, 0.2) is 10.1 Å². The van der Waals surface area contributed by atoms with Gasteiger partial charge in [-0.2, -0.15) is 0 Å². The molecule has 0 fully saturated rings. The van der Waals surface area contributed by atoms with Crippen molar-refractivity contribution in [2.45, 2.75) is 52.7 Å². The van der Waals surface area contributed by atoms with Gasteiger partial charge in [0.25, 0.3) is 0 Å². The Morgan fingerprint density at radius 2 is 1.40 bits per heavy atom. The molecule has 0 radical (unpaired) electrons. The lowest BCUT2D eigenvalue weighted by Gasteiger charge is -2.23. The molecule has 0 aliphatic heterocycles. The van der Waals surface area contributed by atoms with Gasteiger partial charge in [-0.05, 0) is 70.5 Å². The molecule has 134 valence electrons. The molecular weight excluding hydrogens is 368 g/mol. The third-order valence-electron chi connectivity index (χ3n) is 3.18. The normalized spacial score (nSPS) is 12.4. The van der Waals surface area contributed by atoms with E-state index in [0.717, 1.165) is 21.3 Å². The predicted octanol–water partition coefficient (Wildman–Crippen LogP) is 7.56. The molecule has 2 nitrogen and oxygen atoms in total. The average molecular weight is 393 g/mol. The van der Waals surface area contributed by atoms with Crippen LogP contribution in [0.4, 0.5) is 0 Å². The number of ether oxygens (including phenoxy) is 2. The zero-order valence-corrected chi connectivity index (χ0v) is 18.0. The van der Waals surface area contributed by atoms with Crippen LogP contribution in [0.5, 0.6) is 10.1 Å². The first-order valence-electron chi connectivity index (χ1n) is 8.26. The molecule has 0 aromatic carbocycles. The lowest BCUT2D eigenvalue weighted by molar-refractivity contribution is 0.134. The van der Waals surface area contributed by atoms with E-state index in [-0.39, 0.29) is 11.2 Å². The van der Waals surface area contributed by atoms with Crippen LogP contribution in [0.1, 0.15) is 41.5 Å². The Balaban J connectivity index is 2.07. The SMILES string of the molecule is CC(C)(C)Oc1sccc1-c1cc(-c2cccs2)sc1OC(C)(C)C. The molecular formula is C20H24O2S3. The van der Waals surface area contributed by atoms with Crippen molar-refractivity contribution in [1.82, 2.24) is 0 Å². The molecule has 25 heavy (non-hydrogen) atoms. The molecule has 0 aliphatic rings. The van der Waals surface area contributed by atoms with Crippen LogP contribution in [0.3, 0.4) is 0 Å². The molecule has 0 unspecified atom stereocenters. The van der Waals surface area contributed by atoms with E-state index in [1.54, 1.807) is 34.0 Å². The summed E-state index contributed by atoms with van der Waals surface area (Å²) in [5, 5.41) is 6.09. The van der Waals surface area contributed by atoms with E-state index in [0.29, 0.717) is 0 Å². The minimum Gasteiger partial charge on any atom is -0.478 e. The Morgan fingerprint density at radius 1 is 0.720 bits per heavy atom. The summed E-state index contributed by atoms with van der Waals surface area (Å²) in [5.41, 5.74) is 1.76. The van der Waals surface area contributed by atoms with Crippen LogP contribution in [0.15, 0.2) is 35.0 Å². The summed E-state index contributed by atoms with van der Waals surface area (Å²) in [6, 6.07) is 8.60. The highest BCUT2D eigenvalue weighted by atomic mass is 32.1. The van der Waals surface area contributed by atoms with Crippen molar-refractivity contribution in [3.05, 3.63) is 35.0 Å². The Labute approximate surface area is 162 Å². The quantitative estimate of drug-likeness (QED) is 0.456. The van der Waals surface area contributed by atoms with Crippen LogP contribution in [-0.4, -0.2) is 11.2 Å². The standard InChI is InChI=1S/C20H24O2S3/c1-19(2,3)21-17-13(9-11-24-17)14-12-16(15-8-7-10-23-15)25-18(14)22-20(4,5)6/h7-12H,1-6H3. The molecule has 0 bridgehead atoms. The van der Waals surface area contributed by atoms with E-state index >= 15 is 0 Å². The summed E-state index contributed by atoms with van der Waals surface area (Å²) in [6.07, 6.45) is 0. The maximum Gasteiger partial charge on any atom is 0.183 e. The Morgan fingerprint density at radius 3 is 2.00 bits per heavy atom.